The van der Waals surface area contributed by atoms with Crippen LogP contribution in [-0.2, 0) is 0 Å². The van der Waals surface area contributed by atoms with Crippen LogP contribution in [0.1, 0.15) is 24.4 Å². The fourth-order valence-corrected chi connectivity index (χ4v) is 1.75. The number of carbonyl (C=O) groups is 1. The lowest BCUT2D eigenvalue weighted by Crippen LogP contribution is -2.43. The summed E-state index contributed by atoms with van der Waals surface area (Å²) < 4.78 is 0. The van der Waals surface area contributed by atoms with Crippen LogP contribution < -0.4 is 16.4 Å². The molecule has 0 bridgehead atoms. The fraction of sp³-hybridized carbons (Fsp3) is 0.333. The Morgan fingerprint density at radius 3 is 2.53 bits per heavy atom. The van der Waals surface area contributed by atoms with Crippen molar-refractivity contribution in [3.8, 4) is 0 Å². The summed E-state index contributed by atoms with van der Waals surface area (Å²) in [6.45, 7) is 0. The molecule has 0 aromatic heterocycles. The molecule has 0 aliphatic heterocycles. The van der Waals surface area contributed by atoms with Gasteiger partial charge in [-0.05, 0) is 18.4 Å². The van der Waals surface area contributed by atoms with Gasteiger partial charge in [0.05, 0.1) is 0 Å². The third kappa shape index (κ3) is 3.42. The lowest BCUT2D eigenvalue weighted by atomic mass is 10.1. The maximum Gasteiger partial charge on any atom is 0.315 e. The highest BCUT2D eigenvalue weighted by Gasteiger charge is 2.25. The number of rotatable bonds is 4. The Morgan fingerprint density at radius 1 is 1.35 bits per heavy atom. The molecule has 2 amide bonds. The zero-order valence-corrected chi connectivity index (χ0v) is 10.2. The molecule has 4 N–H and O–H groups in total. The van der Waals surface area contributed by atoms with Gasteiger partial charge in [0, 0.05) is 6.04 Å². The summed E-state index contributed by atoms with van der Waals surface area (Å²) in [5, 5.41) is 5.63. The monoisotopic (exact) mass is 249 g/mol. The van der Waals surface area contributed by atoms with Crippen molar-refractivity contribution in [1.29, 1.82) is 0 Å². The highest BCUT2D eigenvalue weighted by Crippen LogP contribution is 2.19. The quantitative estimate of drug-likeness (QED) is 0.708. The van der Waals surface area contributed by atoms with Crippen molar-refractivity contribution in [3.63, 3.8) is 0 Å². The van der Waals surface area contributed by atoms with Gasteiger partial charge < -0.3 is 16.4 Å². The van der Waals surface area contributed by atoms with E-state index in [9.17, 15) is 4.79 Å². The highest BCUT2D eigenvalue weighted by atomic mass is 32.1. The van der Waals surface area contributed by atoms with Crippen molar-refractivity contribution in [1.82, 2.24) is 10.6 Å². The molecule has 1 aromatic rings. The normalized spacial score (nSPS) is 16.0. The van der Waals surface area contributed by atoms with Gasteiger partial charge in [0.1, 0.15) is 11.0 Å². The van der Waals surface area contributed by atoms with Gasteiger partial charge in [0.15, 0.2) is 0 Å². The molecule has 1 unspecified atom stereocenters. The standard InChI is InChI=1S/C12H15N3OS/c13-11(17)10(8-4-2-1-3-5-8)15-12(16)14-9-6-7-9/h1-5,9-10H,6-7H2,(H2,13,17)(H2,14,15,16). The summed E-state index contributed by atoms with van der Waals surface area (Å²) in [5.41, 5.74) is 6.55. The Hall–Kier alpha value is -1.62. The Labute approximate surface area is 106 Å². The molecule has 0 radical (unpaired) electrons. The summed E-state index contributed by atoms with van der Waals surface area (Å²) >= 11 is 4.98. The van der Waals surface area contributed by atoms with Crippen molar-refractivity contribution < 1.29 is 4.79 Å². The van der Waals surface area contributed by atoms with E-state index in [0.717, 1.165) is 18.4 Å². The van der Waals surface area contributed by atoms with Gasteiger partial charge >= 0.3 is 6.03 Å². The predicted octanol–water partition coefficient (Wildman–Crippen LogP) is 1.48. The number of hydrogen-bond donors (Lipinski definition) is 3. The minimum absolute atomic E-state index is 0.214. The number of urea groups is 1. The van der Waals surface area contributed by atoms with Crippen LogP contribution in [-0.4, -0.2) is 17.1 Å². The molecule has 0 saturated heterocycles. The van der Waals surface area contributed by atoms with Crippen LogP contribution in [0, 0.1) is 0 Å². The van der Waals surface area contributed by atoms with Gasteiger partial charge in [-0.1, -0.05) is 42.5 Å². The third-order valence-corrected chi connectivity index (χ3v) is 2.84. The predicted molar refractivity (Wildman–Crippen MR) is 70.7 cm³/mol. The summed E-state index contributed by atoms with van der Waals surface area (Å²) in [4.78, 5) is 11.9. The Balaban J connectivity index is 2.02. The largest absolute Gasteiger partial charge is 0.391 e. The van der Waals surface area contributed by atoms with E-state index in [0.29, 0.717) is 6.04 Å². The lowest BCUT2D eigenvalue weighted by Gasteiger charge is -2.18. The molecule has 90 valence electrons. The molecule has 5 heteroatoms. The van der Waals surface area contributed by atoms with Gasteiger partial charge in [-0.25, -0.2) is 4.79 Å². The van der Waals surface area contributed by atoms with Crippen LogP contribution in [0.25, 0.3) is 0 Å². The van der Waals surface area contributed by atoms with Gasteiger partial charge in [0.25, 0.3) is 0 Å². The molecule has 1 atom stereocenters. The maximum atomic E-state index is 11.6. The summed E-state index contributed by atoms with van der Waals surface area (Å²) in [5.74, 6) is 0. The molecule has 1 aromatic carbocycles. The number of carbonyl (C=O) groups excluding carboxylic acids is 1. The Morgan fingerprint density at radius 2 is 2.00 bits per heavy atom. The van der Waals surface area contributed by atoms with E-state index in [2.05, 4.69) is 10.6 Å². The molecular formula is C12H15N3OS. The summed E-state index contributed by atoms with van der Waals surface area (Å²) in [7, 11) is 0. The topological polar surface area (TPSA) is 67.1 Å². The second kappa shape index (κ2) is 5.14. The fourth-order valence-electron chi connectivity index (χ4n) is 1.55. The highest BCUT2D eigenvalue weighted by molar-refractivity contribution is 7.80. The molecule has 2 rings (SSSR count). The van der Waals surface area contributed by atoms with E-state index >= 15 is 0 Å². The van der Waals surface area contributed by atoms with Crippen molar-refractivity contribution in [3.05, 3.63) is 35.9 Å². The number of nitrogens with one attached hydrogen (secondary N) is 2. The first kappa shape index (κ1) is 11.9. The maximum absolute atomic E-state index is 11.6. The van der Waals surface area contributed by atoms with Crippen LogP contribution in [0.15, 0.2) is 30.3 Å². The second-order valence-electron chi connectivity index (χ2n) is 4.14. The number of amides is 2. The lowest BCUT2D eigenvalue weighted by molar-refractivity contribution is 0.239. The average Bonchev–Trinajstić information content (AvgIpc) is 3.10. The number of nitrogens with two attached hydrogens (primary N) is 1. The number of hydrogen-bond acceptors (Lipinski definition) is 2. The minimum Gasteiger partial charge on any atom is -0.391 e. The molecule has 4 nitrogen and oxygen atoms in total. The van der Waals surface area contributed by atoms with E-state index in [1.54, 1.807) is 0 Å². The van der Waals surface area contributed by atoms with E-state index in [4.69, 9.17) is 18.0 Å². The van der Waals surface area contributed by atoms with Gasteiger partial charge in [-0.15, -0.1) is 0 Å². The Kier molecular flexibility index (Phi) is 3.58. The molecule has 1 fully saturated rings. The molecular weight excluding hydrogens is 234 g/mol. The molecule has 1 aliphatic carbocycles. The van der Waals surface area contributed by atoms with Crippen LogP contribution >= 0.6 is 12.2 Å². The first-order valence-corrected chi connectivity index (χ1v) is 5.99. The average molecular weight is 249 g/mol. The smallest absolute Gasteiger partial charge is 0.315 e. The van der Waals surface area contributed by atoms with E-state index < -0.39 is 6.04 Å². The number of thiocarbonyl (C=S) groups is 1. The first-order chi connectivity index (χ1) is 8.16. The SMILES string of the molecule is NC(=S)C(NC(=O)NC1CC1)c1ccccc1. The zero-order chi connectivity index (χ0) is 12.3. The zero-order valence-electron chi connectivity index (χ0n) is 9.35. The van der Waals surface area contributed by atoms with Crippen molar-refractivity contribution in [2.24, 2.45) is 5.73 Å². The summed E-state index contributed by atoms with van der Waals surface area (Å²) in [6, 6.07) is 9.16. The van der Waals surface area contributed by atoms with Crippen LogP contribution in [0.4, 0.5) is 4.79 Å². The summed E-state index contributed by atoms with van der Waals surface area (Å²) in [6.07, 6.45) is 2.10. The van der Waals surface area contributed by atoms with E-state index in [1.807, 2.05) is 30.3 Å². The molecule has 0 spiro atoms. The van der Waals surface area contributed by atoms with Gasteiger partial charge in [-0.3, -0.25) is 0 Å². The molecule has 1 aliphatic rings. The van der Waals surface area contributed by atoms with Gasteiger partial charge in [0.2, 0.25) is 0 Å². The van der Waals surface area contributed by atoms with E-state index in [1.165, 1.54) is 0 Å². The minimum atomic E-state index is -0.412. The van der Waals surface area contributed by atoms with Crippen LogP contribution in [0.2, 0.25) is 0 Å². The molecule has 1 saturated carbocycles. The first-order valence-electron chi connectivity index (χ1n) is 5.58. The third-order valence-electron chi connectivity index (χ3n) is 2.61. The van der Waals surface area contributed by atoms with Crippen LogP contribution in [0.5, 0.6) is 0 Å². The van der Waals surface area contributed by atoms with Crippen molar-refractivity contribution in [2.45, 2.75) is 24.9 Å². The molecule has 0 heterocycles. The van der Waals surface area contributed by atoms with Gasteiger partial charge in [-0.2, -0.15) is 0 Å². The van der Waals surface area contributed by atoms with Crippen molar-refractivity contribution >= 4 is 23.2 Å². The molecule has 17 heavy (non-hydrogen) atoms. The van der Waals surface area contributed by atoms with Crippen molar-refractivity contribution in [2.75, 3.05) is 0 Å². The Bertz CT molecular complexity index is 417. The number of benzene rings is 1. The second-order valence-corrected chi connectivity index (χ2v) is 4.61. The van der Waals surface area contributed by atoms with Crippen LogP contribution in [0.3, 0.4) is 0 Å². The van der Waals surface area contributed by atoms with E-state index in [-0.39, 0.29) is 11.0 Å².